The molecule has 0 saturated heterocycles. The van der Waals surface area contributed by atoms with Crippen molar-refractivity contribution < 1.29 is 4.42 Å². The molecule has 0 fully saturated rings. The van der Waals surface area contributed by atoms with Crippen molar-refractivity contribution in [2.75, 3.05) is 0 Å². The van der Waals surface area contributed by atoms with Crippen LogP contribution in [0.25, 0.3) is 82.0 Å². The number of fused-ring (bicyclic) bond motifs is 11. The molecule has 2 nitrogen and oxygen atoms in total. The van der Waals surface area contributed by atoms with E-state index in [9.17, 15) is 0 Å². The van der Waals surface area contributed by atoms with Crippen LogP contribution in [0.15, 0.2) is 162 Å². The highest BCUT2D eigenvalue weighted by molar-refractivity contribution is 6.32. The maximum absolute atomic E-state index is 6.49. The highest BCUT2D eigenvalue weighted by atomic mass is 16.3. The molecule has 9 aromatic rings. The molecule has 216 valence electrons. The van der Waals surface area contributed by atoms with Crippen molar-refractivity contribution in [2.45, 2.75) is 12.5 Å². The summed E-state index contributed by atoms with van der Waals surface area (Å²) in [5.74, 6) is 0. The van der Waals surface area contributed by atoms with Crippen LogP contribution >= 0.6 is 0 Å². The van der Waals surface area contributed by atoms with Crippen molar-refractivity contribution in [3.05, 3.63) is 163 Å². The van der Waals surface area contributed by atoms with E-state index in [1.54, 1.807) is 0 Å². The Morgan fingerprint density at radius 1 is 0.543 bits per heavy atom. The van der Waals surface area contributed by atoms with E-state index in [0.717, 1.165) is 33.9 Å². The van der Waals surface area contributed by atoms with Gasteiger partial charge in [0.1, 0.15) is 11.2 Å². The molecule has 1 aliphatic rings. The van der Waals surface area contributed by atoms with Crippen LogP contribution in [0.3, 0.4) is 0 Å². The number of rotatable bonds is 3. The molecule has 0 radical (unpaired) electrons. The van der Waals surface area contributed by atoms with Crippen molar-refractivity contribution in [3.63, 3.8) is 0 Å². The Morgan fingerprint density at radius 2 is 1.24 bits per heavy atom. The zero-order valence-corrected chi connectivity index (χ0v) is 25.2. The minimum atomic E-state index is 0.196. The van der Waals surface area contributed by atoms with Gasteiger partial charge in [0, 0.05) is 38.0 Å². The first-order valence-electron chi connectivity index (χ1n) is 16.0. The van der Waals surface area contributed by atoms with Gasteiger partial charge in [-0.3, -0.25) is 0 Å². The number of nitrogens with zero attached hydrogens (tertiary/aromatic N) is 1. The largest absolute Gasteiger partial charge is 0.455 e. The molecule has 1 aliphatic carbocycles. The van der Waals surface area contributed by atoms with E-state index in [1.807, 2.05) is 6.07 Å². The molecule has 2 heteroatoms. The SMILES string of the molecule is C1=CC(n2c3ccc(-c4cccc5c4oc4ccccc45)cc3c3c4ccccc4c4ccccc4c32)CC=C1c1ccccc1. The van der Waals surface area contributed by atoms with Gasteiger partial charge in [-0.15, -0.1) is 0 Å². The summed E-state index contributed by atoms with van der Waals surface area (Å²) in [6.07, 6.45) is 8.04. The normalized spacial score (nSPS) is 15.1. The van der Waals surface area contributed by atoms with Gasteiger partial charge in [-0.2, -0.15) is 0 Å². The number of benzene rings is 7. The van der Waals surface area contributed by atoms with E-state index in [2.05, 4.69) is 156 Å². The number of aromatic nitrogens is 1. The third-order valence-electron chi connectivity index (χ3n) is 9.90. The molecule has 0 N–H and O–H groups in total. The molecule has 1 atom stereocenters. The second-order valence-corrected chi connectivity index (χ2v) is 12.4. The summed E-state index contributed by atoms with van der Waals surface area (Å²) in [6, 6.07) is 50.6. The Bertz CT molecular complexity index is 2720. The van der Waals surface area contributed by atoms with Crippen LogP contribution in [0.2, 0.25) is 0 Å². The average molecular weight is 588 g/mol. The van der Waals surface area contributed by atoms with E-state index >= 15 is 0 Å². The van der Waals surface area contributed by atoms with Crippen LogP contribution in [-0.4, -0.2) is 4.57 Å². The van der Waals surface area contributed by atoms with Gasteiger partial charge < -0.3 is 8.98 Å². The molecular formula is C44H29NO. The zero-order chi connectivity index (χ0) is 30.2. The highest BCUT2D eigenvalue weighted by Crippen LogP contribution is 2.45. The second kappa shape index (κ2) is 9.82. The molecule has 0 spiro atoms. The molecule has 0 aliphatic heterocycles. The fourth-order valence-electron chi connectivity index (χ4n) is 7.84. The maximum Gasteiger partial charge on any atom is 0.143 e. The van der Waals surface area contributed by atoms with Crippen molar-refractivity contribution in [2.24, 2.45) is 0 Å². The van der Waals surface area contributed by atoms with Crippen LogP contribution in [0, 0.1) is 0 Å². The summed E-state index contributed by atoms with van der Waals surface area (Å²) >= 11 is 0. The molecule has 0 saturated carbocycles. The summed E-state index contributed by atoms with van der Waals surface area (Å²) in [5.41, 5.74) is 9.25. The molecule has 1 unspecified atom stereocenters. The van der Waals surface area contributed by atoms with Gasteiger partial charge in [0.25, 0.3) is 0 Å². The third-order valence-corrected chi connectivity index (χ3v) is 9.90. The van der Waals surface area contributed by atoms with E-state index in [4.69, 9.17) is 4.42 Å². The van der Waals surface area contributed by atoms with Gasteiger partial charge in [0.05, 0.1) is 11.6 Å². The minimum absolute atomic E-state index is 0.196. The Kier molecular flexibility index (Phi) is 5.44. The summed E-state index contributed by atoms with van der Waals surface area (Å²) in [6.45, 7) is 0. The molecular weight excluding hydrogens is 558 g/mol. The van der Waals surface area contributed by atoms with Gasteiger partial charge in [0.15, 0.2) is 0 Å². The first kappa shape index (κ1) is 25.5. The fourth-order valence-corrected chi connectivity index (χ4v) is 7.84. The second-order valence-electron chi connectivity index (χ2n) is 12.4. The number of hydrogen-bond donors (Lipinski definition) is 0. The van der Waals surface area contributed by atoms with Gasteiger partial charge in [-0.25, -0.2) is 0 Å². The Balaban J connectivity index is 1.27. The topological polar surface area (TPSA) is 18.1 Å². The zero-order valence-electron chi connectivity index (χ0n) is 25.2. The standard InChI is InChI=1S/C44H29NO/c1-2-11-28(12-3-1)29-21-24-31(25-22-29)45-40-26-23-30(32-18-10-19-38-35-15-8-9-20-41(35)46-44(32)38)27-39(40)42-36-16-6-4-13-33(36)34-14-5-7-17-37(34)43(42)45/h1-24,26-27,31H,25H2. The van der Waals surface area contributed by atoms with Crippen molar-refractivity contribution in [3.8, 4) is 11.1 Å². The fraction of sp³-hybridized carbons (Fsp3) is 0.0455. The van der Waals surface area contributed by atoms with Crippen molar-refractivity contribution in [1.29, 1.82) is 0 Å². The van der Waals surface area contributed by atoms with Gasteiger partial charge in [0.2, 0.25) is 0 Å². The smallest absolute Gasteiger partial charge is 0.143 e. The van der Waals surface area contributed by atoms with Crippen molar-refractivity contribution in [1.82, 2.24) is 4.57 Å². The number of hydrogen-bond acceptors (Lipinski definition) is 1. The summed E-state index contributed by atoms with van der Waals surface area (Å²) in [7, 11) is 0. The summed E-state index contributed by atoms with van der Waals surface area (Å²) in [5, 5.41) is 10.1. The molecule has 46 heavy (non-hydrogen) atoms. The van der Waals surface area contributed by atoms with Crippen LogP contribution in [0.4, 0.5) is 0 Å². The molecule has 2 aromatic heterocycles. The van der Waals surface area contributed by atoms with Crippen LogP contribution in [0.5, 0.6) is 0 Å². The van der Waals surface area contributed by atoms with E-state index in [0.29, 0.717) is 0 Å². The van der Waals surface area contributed by atoms with E-state index in [1.165, 1.54) is 60.1 Å². The molecule has 0 amide bonds. The Morgan fingerprint density at radius 3 is 2.04 bits per heavy atom. The van der Waals surface area contributed by atoms with Gasteiger partial charge in [-0.1, -0.05) is 140 Å². The monoisotopic (exact) mass is 587 g/mol. The number of furan rings is 1. The minimum Gasteiger partial charge on any atom is -0.455 e. The van der Waals surface area contributed by atoms with Gasteiger partial charge >= 0.3 is 0 Å². The van der Waals surface area contributed by atoms with Crippen LogP contribution < -0.4 is 0 Å². The lowest BCUT2D eigenvalue weighted by atomic mass is 9.95. The quantitative estimate of drug-likeness (QED) is 0.188. The predicted octanol–water partition coefficient (Wildman–Crippen LogP) is 12.3. The lowest BCUT2D eigenvalue weighted by molar-refractivity contribution is 0.651. The van der Waals surface area contributed by atoms with Crippen LogP contribution in [0.1, 0.15) is 18.0 Å². The number of para-hydroxylation sites is 2. The molecule has 10 rings (SSSR count). The lowest BCUT2D eigenvalue weighted by Gasteiger charge is -2.22. The molecule has 0 bridgehead atoms. The average Bonchev–Trinajstić information content (AvgIpc) is 3.68. The predicted molar refractivity (Wildman–Crippen MR) is 194 cm³/mol. The first-order chi connectivity index (χ1) is 22.8. The maximum atomic E-state index is 6.49. The summed E-state index contributed by atoms with van der Waals surface area (Å²) in [4.78, 5) is 0. The van der Waals surface area contributed by atoms with Crippen molar-refractivity contribution >= 4 is 70.9 Å². The first-order valence-corrected chi connectivity index (χ1v) is 16.0. The van der Waals surface area contributed by atoms with E-state index < -0.39 is 0 Å². The van der Waals surface area contributed by atoms with Crippen LogP contribution in [-0.2, 0) is 0 Å². The molecule has 7 aromatic carbocycles. The number of allylic oxidation sites excluding steroid dienone is 4. The Hall–Kier alpha value is -5.86. The molecule has 2 heterocycles. The lowest BCUT2D eigenvalue weighted by Crippen LogP contribution is -2.08. The Labute approximate surface area is 266 Å². The third kappa shape index (κ3) is 3.64. The summed E-state index contributed by atoms with van der Waals surface area (Å²) < 4.78 is 9.09. The van der Waals surface area contributed by atoms with Gasteiger partial charge in [-0.05, 0) is 57.5 Å². The highest BCUT2D eigenvalue weighted by Gasteiger charge is 2.23. The van der Waals surface area contributed by atoms with E-state index in [-0.39, 0.29) is 6.04 Å².